The summed E-state index contributed by atoms with van der Waals surface area (Å²) in [5.41, 5.74) is 6.14. The van der Waals surface area contributed by atoms with E-state index in [0.29, 0.717) is 5.11 Å². The average molecular weight is 407 g/mol. The van der Waals surface area contributed by atoms with Gasteiger partial charge in [-0.1, -0.05) is 48.5 Å². The van der Waals surface area contributed by atoms with Crippen LogP contribution >= 0.6 is 24.0 Å². The predicted molar refractivity (Wildman–Crippen MR) is 126 cm³/mol. The lowest BCUT2D eigenvalue weighted by Gasteiger charge is -2.18. The first-order chi connectivity index (χ1) is 13.5. The van der Waals surface area contributed by atoms with E-state index < -0.39 is 0 Å². The summed E-state index contributed by atoms with van der Waals surface area (Å²) >= 11 is 7.34. The zero-order valence-electron chi connectivity index (χ0n) is 16.5. The fourth-order valence-electron chi connectivity index (χ4n) is 2.85. The molecule has 0 radical (unpaired) electrons. The van der Waals surface area contributed by atoms with Crippen molar-refractivity contribution in [2.24, 2.45) is 0 Å². The number of nitrogens with one attached hydrogen (secondary N) is 2. The highest BCUT2D eigenvalue weighted by atomic mass is 32.2. The van der Waals surface area contributed by atoms with Gasteiger partial charge in [0.15, 0.2) is 5.11 Å². The zero-order valence-corrected chi connectivity index (χ0v) is 18.2. The Bertz CT molecular complexity index is 921. The van der Waals surface area contributed by atoms with E-state index in [2.05, 4.69) is 98.1 Å². The zero-order chi connectivity index (χ0) is 19.9. The van der Waals surface area contributed by atoms with E-state index in [1.165, 1.54) is 27.1 Å². The van der Waals surface area contributed by atoms with Crippen LogP contribution in [-0.4, -0.2) is 5.11 Å². The predicted octanol–water partition coefficient (Wildman–Crippen LogP) is 6.64. The van der Waals surface area contributed by atoms with Crippen molar-refractivity contribution in [3.05, 3.63) is 95.1 Å². The molecule has 1 atom stereocenters. The van der Waals surface area contributed by atoms with E-state index in [9.17, 15) is 0 Å². The Morgan fingerprint density at radius 1 is 0.929 bits per heavy atom. The van der Waals surface area contributed by atoms with Gasteiger partial charge in [0.25, 0.3) is 0 Å². The number of thioether (sulfide) groups is 1. The lowest BCUT2D eigenvalue weighted by molar-refractivity contribution is 0.721. The Labute approximate surface area is 177 Å². The van der Waals surface area contributed by atoms with E-state index in [1.54, 1.807) is 0 Å². The van der Waals surface area contributed by atoms with E-state index >= 15 is 0 Å². The molecule has 0 aliphatic heterocycles. The van der Waals surface area contributed by atoms with Crippen molar-refractivity contribution in [3.8, 4) is 0 Å². The van der Waals surface area contributed by atoms with Gasteiger partial charge in [0, 0.05) is 16.3 Å². The van der Waals surface area contributed by atoms with Crippen molar-refractivity contribution < 1.29 is 0 Å². The number of benzene rings is 3. The Morgan fingerprint density at radius 2 is 1.64 bits per heavy atom. The maximum atomic E-state index is 5.49. The second-order valence-electron chi connectivity index (χ2n) is 6.96. The van der Waals surface area contributed by atoms with Crippen LogP contribution in [0.5, 0.6) is 0 Å². The van der Waals surface area contributed by atoms with Gasteiger partial charge in [-0.3, -0.25) is 0 Å². The molecule has 0 unspecified atom stereocenters. The van der Waals surface area contributed by atoms with E-state index in [0.717, 1.165) is 11.4 Å². The fraction of sp³-hybridized carbons (Fsp3) is 0.208. The first kappa shape index (κ1) is 20.4. The molecule has 0 aliphatic rings. The van der Waals surface area contributed by atoms with Crippen molar-refractivity contribution in [3.63, 3.8) is 0 Å². The number of aryl methyl sites for hydroxylation is 2. The maximum absolute atomic E-state index is 5.49. The quantitative estimate of drug-likeness (QED) is 0.354. The van der Waals surface area contributed by atoms with Crippen LogP contribution in [0.4, 0.5) is 5.69 Å². The van der Waals surface area contributed by atoms with E-state index in [1.807, 2.05) is 17.8 Å². The molecule has 3 aromatic carbocycles. The molecule has 0 aromatic heterocycles. The molecule has 0 bridgehead atoms. The van der Waals surface area contributed by atoms with Gasteiger partial charge in [0.1, 0.15) is 0 Å². The fourth-order valence-corrected chi connectivity index (χ4v) is 4.02. The van der Waals surface area contributed by atoms with Gasteiger partial charge >= 0.3 is 0 Å². The van der Waals surface area contributed by atoms with E-state index in [-0.39, 0.29) is 6.04 Å². The number of hydrogen-bond donors (Lipinski definition) is 2. The summed E-state index contributed by atoms with van der Waals surface area (Å²) in [7, 11) is 0. The van der Waals surface area contributed by atoms with Crippen LogP contribution in [0, 0.1) is 13.8 Å². The molecule has 0 fully saturated rings. The molecule has 3 rings (SSSR count). The molecule has 0 aliphatic carbocycles. The molecule has 0 spiro atoms. The summed E-state index contributed by atoms with van der Waals surface area (Å²) in [6.07, 6.45) is 0. The minimum absolute atomic E-state index is 0.154. The highest BCUT2D eigenvalue weighted by Crippen LogP contribution is 2.23. The summed E-state index contributed by atoms with van der Waals surface area (Å²) < 4.78 is 0. The molecule has 4 heteroatoms. The highest BCUT2D eigenvalue weighted by Gasteiger charge is 2.08. The molecule has 2 N–H and O–H groups in total. The van der Waals surface area contributed by atoms with Crippen molar-refractivity contribution in [1.29, 1.82) is 0 Å². The molecule has 0 heterocycles. The van der Waals surface area contributed by atoms with Crippen LogP contribution in [0.1, 0.15) is 35.2 Å². The number of anilines is 1. The second kappa shape index (κ2) is 9.76. The van der Waals surface area contributed by atoms with Crippen LogP contribution in [-0.2, 0) is 5.75 Å². The van der Waals surface area contributed by atoms with Gasteiger partial charge in [-0.15, -0.1) is 11.8 Å². The SMILES string of the molecule is Cc1ccc([C@@H](C)NC(=S)Nc2ccc(CSc3ccccc3)cc2)cc1C. The third-order valence-corrected chi connectivity index (χ3v) is 6.04. The minimum atomic E-state index is 0.154. The highest BCUT2D eigenvalue weighted by molar-refractivity contribution is 7.98. The standard InChI is InChI=1S/C24H26N2S2/c1-17-9-12-21(15-18(17)2)19(3)25-24(27)26-22-13-10-20(11-14-22)16-28-23-7-5-4-6-8-23/h4-15,19H,16H2,1-3H3,(H2,25,26,27)/t19-/m1/s1. The largest absolute Gasteiger partial charge is 0.356 e. The van der Waals surface area contributed by atoms with Gasteiger partial charge in [-0.25, -0.2) is 0 Å². The lowest BCUT2D eigenvalue weighted by atomic mass is 10.0. The number of hydrogen-bond acceptors (Lipinski definition) is 2. The molecule has 28 heavy (non-hydrogen) atoms. The summed E-state index contributed by atoms with van der Waals surface area (Å²) in [6.45, 7) is 6.40. The molecule has 2 nitrogen and oxygen atoms in total. The summed E-state index contributed by atoms with van der Waals surface area (Å²) in [5.74, 6) is 0.955. The normalized spacial score (nSPS) is 11.7. The minimum Gasteiger partial charge on any atom is -0.356 e. The average Bonchev–Trinajstić information content (AvgIpc) is 2.70. The van der Waals surface area contributed by atoms with Crippen molar-refractivity contribution in [2.75, 3.05) is 5.32 Å². The van der Waals surface area contributed by atoms with Crippen LogP contribution in [0.2, 0.25) is 0 Å². The van der Waals surface area contributed by atoms with Crippen LogP contribution < -0.4 is 10.6 Å². The first-order valence-electron chi connectivity index (χ1n) is 9.43. The molecule has 144 valence electrons. The molecule has 0 saturated heterocycles. The van der Waals surface area contributed by atoms with Crippen molar-refractivity contribution in [1.82, 2.24) is 5.32 Å². The topological polar surface area (TPSA) is 24.1 Å². The van der Waals surface area contributed by atoms with Crippen molar-refractivity contribution >= 4 is 34.8 Å². The molecule has 0 saturated carbocycles. The first-order valence-corrected chi connectivity index (χ1v) is 10.8. The Balaban J connectivity index is 1.51. The summed E-state index contributed by atoms with van der Waals surface area (Å²) in [5, 5.41) is 7.29. The number of rotatable bonds is 6. The molecule has 0 amide bonds. The van der Waals surface area contributed by atoms with Gasteiger partial charge in [-0.05, 0) is 79.5 Å². The third-order valence-electron chi connectivity index (χ3n) is 4.74. The van der Waals surface area contributed by atoms with Crippen LogP contribution in [0.15, 0.2) is 77.7 Å². The van der Waals surface area contributed by atoms with Crippen molar-refractivity contribution in [2.45, 2.75) is 37.5 Å². The van der Waals surface area contributed by atoms with Gasteiger partial charge in [-0.2, -0.15) is 0 Å². The van der Waals surface area contributed by atoms with Crippen LogP contribution in [0.25, 0.3) is 0 Å². The van der Waals surface area contributed by atoms with Crippen LogP contribution in [0.3, 0.4) is 0 Å². The van der Waals surface area contributed by atoms with E-state index in [4.69, 9.17) is 12.2 Å². The van der Waals surface area contributed by atoms with Gasteiger partial charge < -0.3 is 10.6 Å². The van der Waals surface area contributed by atoms with Gasteiger partial charge in [0.2, 0.25) is 0 Å². The molecule has 3 aromatic rings. The molecular formula is C24H26N2S2. The molecular weight excluding hydrogens is 380 g/mol. The Kier molecular flexibility index (Phi) is 7.12. The van der Waals surface area contributed by atoms with Gasteiger partial charge in [0.05, 0.1) is 6.04 Å². The smallest absolute Gasteiger partial charge is 0.171 e. The Hall–Kier alpha value is -2.30. The second-order valence-corrected chi connectivity index (χ2v) is 8.42. The summed E-state index contributed by atoms with van der Waals surface area (Å²) in [6, 6.07) is 25.6. The maximum Gasteiger partial charge on any atom is 0.171 e. The Morgan fingerprint density at radius 3 is 2.32 bits per heavy atom. The lowest BCUT2D eigenvalue weighted by Crippen LogP contribution is -2.30. The number of thiocarbonyl (C=S) groups is 1. The summed E-state index contributed by atoms with van der Waals surface area (Å²) in [4.78, 5) is 1.29. The monoisotopic (exact) mass is 406 g/mol. The third kappa shape index (κ3) is 5.85.